The van der Waals surface area contributed by atoms with E-state index < -0.39 is 21.5 Å². The first-order chi connectivity index (χ1) is 9.64. The van der Waals surface area contributed by atoms with E-state index in [0.29, 0.717) is 17.9 Å². The Morgan fingerprint density at radius 3 is 2.67 bits per heavy atom. The second-order valence-electron chi connectivity index (χ2n) is 5.52. The van der Waals surface area contributed by atoms with E-state index >= 15 is 0 Å². The van der Waals surface area contributed by atoms with Crippen LogP contribution in [0.25, 0.3) is 0 Å². The number of hydrogen-bond donors (Lipinski definition) is 3. The predicted octanol–water partition coefficient (Wildman–Crippen LogP) is -0.0553. The fourth-order valence-electron chi connectivity index (χ4n) is 2.18. The van der Waals surface area contributed by atoms with Crippen molar-refractivity contribution in [2.45, 2.75) is 24.8 Å². The number of hydrogen-bond acceptors (Lipinski definition) is 5. The third-order valence-electron chi connectivity index (χ3n) is 3.79. The lowest BCUT2D eigenvalue weighted by molar-refractivity contribution is -0.125. The third-order valence-corrected chi connectivity index (χ3v) is 4.84. The molecule has 1 aromatic carbocycles. The van der Waals surface area contributed by atoms with Crippen LogP contribution in [0.1, 0.15) is 12.5 Å². The zero-order valence-corrected chi connectivity index (χ0v) is 12.7. The van der Waals surface area contributed by atoms with Crippen molar-refractivity contribution < 1.29 is 17.9 Å². The Labute approximate surface area is 123 Å². The number of carbonyl (C=O) groups is 1. The molecular weight excluding hydrogens is 294 g/mol. The van der Waals surface area contributed by atoms with E-state index in [1.165, 1.54) is 6.07 Å². The molecule has 116 valence electrons. The van der Waals surface area contributed by atoms with E-state index in [-0.39, 0.29) is 17.4 Å². The molecule has 8 heteroatoms. The van der Waals surface area contributed by atoms with Crippen LogP contribution in [0.3, 0.4) is 0 Å². The molecule has 2 unspecified atom stereocenters. The molecule has 5 N–H and O–H groups in total. The first kappa shape index (κ1) is 15.9. The fourth-order valence-corrected chi connectivity index (χ4v) is 2.99. The van der Waals surface area contributed by atoms with Crippen molar-refractivity contribution in [3.05, 3.63) is 23.8 Å². The van der Waals surface area contributed by atoms with Gasteiger partial charge < -0.3 is 15.8 Å². The minimum atomic E-state index is -3.84. The highest BCUT2D eigenvalue weighted by molar-refractivity contribution is 7.89. The summed E-state index contributed by atoms with van der Waals surface area (Å²) in [7, 11) is -3.84. The molecule has 0 aliphatic carbocycles. The van der Waals surface area contributed by atoms with Crippen molar-refractivity contribution >= 4 is 21.6 Å². The number of benzene rings is 1. The molecule has 1 saturated heterocycles. The smallest absolute Gasteiger partial charge is 0.238 e. The number of rotatable bonds is 3. The summed E-state index contributed by atoms with van der Waals surface area (Å²) in [5.41, 5.74) is 5.92. The van der Waals surface area contributed by atoms with Crippen molar-refractivity contribution in [3.8, 4) is 0 Å². The zero-order valence-electron chi connectivity index (χ0n) is 11.9. The number of ether oxygens (including phenoxy) is 1. The standard InChI is InChI=1S/C13H19N3O4S/c1-8-3-4-9(5-10(8)21(15,18)19)16-12(17)13(2)7-20-6-11(13)14/h3-5,11H,6-7,14H2,1-2H3,(H,16,17)(H2,15,18,19). The van der Waals surface area contributed by atoms with Gasteiger partial charge in [-0.2, -0.15) is 0 Å². The van der Waals surface area contributed by atoms with Crippen molar-refractivity contribution in [1.82, 2.24) is 0 Å². The molecule has 2 atom stereocenters. The molecule has 0 saturated carbocycles. The lowest BCUT2D eigenvalue weighted by atomic mass is 9.85. The summed E-state index contributed by atoms with van der Waals surface area (Å²) < 4.78 is 28.2. The van der Waals surface area contributed by atoms with Crippen LogP contribution in [-0.4, -0.2) is 33.6 Å². The first-order valence-corrected chi connectivity index (χ1v) is 7.97. The van der Waals surface area contributed by atoms with E-state index in [9.17, 15) is 13.2 Å². The van der Waals surface area contributed by atoms with E-state index in [2.05, 4.69) is 5.32 Å². The Morgan fingerprint density at radius 1 is 1.48 bits per heavy atom. The Morgan fingerprint density at radius 2 is 2.14 bits per heavy atom. The third kappa shape index (κ3) is 3.08. The van der Waals surface area contributed by atoms with Crippen LogP contribution in [0.4, 0.5) is 5.69 Å². The van der Waals surface area contributed by atoms with Gasteiger partial charge in [-0.1, -0.05) is 6.07 Å². The Kier molecular flexibility index (Phi) is 4.07. The minimum absolute atomic E-state index is 0.0163. The van der Waals surface area contributed by atoms with Crippen LogP contribution >= 0.6 is 0 Å². The Bertz CT molecular complexity index is 674. The average Bonchev–Trinajstić information content (AvgIpc) is 2.72. The number of amides is 1. The summed E-state index contributed by atoms with van der Waals surface area (Å²) in [4.78, 5) is 12.3. The molecule has 0 aromatic heterocycles. The Hall–Kier alpha value is -1.48. The first-order valence-electron chi connectivity index (χ1n) is 6.43. The second-order valence-corrected chi connectivity index (χ2v) is 7.05. The van der Waals surface area contributed by atoms with E-state index in [1.807, 2.05) is 0 Å². The zero-order chi connectivity index (χ0) is 15.8. The van der Waals surface area contributed by atoms with Gasteiger partial charge in [0, 0.05) is 11.7 Å². The van der Waals surface area contributed by atoms with Gasteiger partial charge in [-0.05, 0) is 31.5 Å². The number of anilines is 1. The molecule has 0 radical (unpaired) electrons. The van der Waals surface area contributed by atoms with Gasteiger partial charge in [0.1, 0.15) is 0 Å². The van der Waals surface area contributed by atoms with Crippen LogP contribution in [0.2, 0.25) is 0 Å². The molecule has 1 aliphatic rings. The summed E-state index contributed by atoms with van der Waals surface area (Å²) in [5.74, 6) is -0.309. The summed E-state index contributed by atoms with van der Waals surface area (Å²) in [6.45, 7) is 3.90. The molecule has 1 fully saturated rings. The second kappa shape index (κ2) is 5.38. The van der Waals surface area contributed by atoms with Gasteiger partial charge in [-0.25, -0.2) is 13.6 Å². The highest BCUT2D eigenvalue weighted by Crippen LogP contribution is 2.29. The molecule has 1 amide bonds. The minimum Gasteiger partial charge on any atom is -0.379 e. The molecular formula is C13H19N3O4S. The van der Waals surface area contributed by atoms with E-state index in [1.54, 1.807) is 26.0 Å². The van der Waals surface area contributed by atoms with Crippen LogP contribution in [0, 0.1) is 12.3 Å². The molecule has 2 rings (SSSR count). The van der Waals surface area contributed by atoms with Gasteiger partial charge in [0.15, 0.2) is 0 Å². The van der Waals surface area contributed by atoms with Gasteiger partial charge in [0.05, 0.1) is 23.5 Å². The van der Waals surface area contributed by atoms with Gasteiger partial charge in [0.25, 0.3) is 0 Å². The molecule has 7 nitrogen and oxygen atoms in total. The normalized spacial score (nSPS) is 25.8. The van der Waals surface area contributed by atoms with E-state index in [4.69, 9.17) is 15.6 Å². The van der Waals surface area contributed by atoms with Crippen LogP contribution in [0.5, 0.6) is 0 Å². The maximum Gasteiger partial charge on any atom is 0.238 e. The maximum absolute atomic E-state index is 12.3. The summed E-state index contributed by atoms with van der Waals surface area (Å²) in [6, 6.07) is 4.14. The molecule has 1 heterocycles. The average molecular weight is 313 g/mol. The van der Waals surface area contributed by atoms with Crippen LogP contribution in [0.15, 0.2) is 23.1 Å². The summed E-state index contributed by atoms with van der Waals surface area (Å²) in [6.07, 6.45) is 0. The number of nitrogens with one attached hydrogen (secondary N) is 1. The summed E-state index contributed by atoms with van der Waals surface area (Å²) in [5, 5.41) is 7.82. The largest absolute Gasteiger partial charge is 0.379 e. The quantitative estimate of drug-likeness (QED) is 0.721. The SMILES string of the molecule is Cc1ccc(NC(=O)C2(C)COCC2N)cc1S(N)(=O)=O. The fraction of sp³-hybridized carbons (Fsp3) is 0.462. The molecule has 1 aliphatic heterocycles. The van der Waals surface area contributed by atoms with Crippen molar-refractivity contribution in [2.75, 3.05) is 18.5 Å². The number of sulfonamides is 1. The van der Waals surface area contributed by atoms with Crippen molar-refractivity contribution in [2.24, 2.45) is 16.3 Å². The lowest BCUT2D eigenvalue weighted by Crippen LogP contribution is -2.47. The van der Waals surface area contributed by atoms with Crippen molar-refractivity contribution in [3.63, 3.8) is 0 Å². The monoisotopic (exact) mass is 313 g/mol. The number of aryl methyl sites for hydroxylation is 1. The lowest BCUT2D eigenvalue weighted by Gasteiger charge is -2.25. The number of nitrogens with two attached hydrogens (primary N) is 2. The Balaban J connectivity index is 2.27. The van der Waals surface area contributed by atoms with Crippen LogP contribution in [-0.2, 0) is 19.6 Å². The van der Waals surface area contributed by atoms with Gasteiger partial charge in [-0.3, -0.25) is 4.79 Å². The van der Waals surface area contributed by atoms with Gasteiger partial charge in [-0.15, -0.1) is 0 Å². The maximum atomic E-state index is 12.3. The molecule has 1 aromatic rings. The molecule has 0 spiro atoms. The van der Waals surface area contributed by atoms with Gasteiger partial charge in [0.2, 0.25) is 15.9 Å². The summed E-state index contributed by atoms with van der Waals surface area (Å²) >= 11 is 0. The predicted molar refractivity (Wildman–Crippen MR) is 78.1 cm³/mol. The van der Waals surface area contributed by atoms with Crippen molar-refractivity contribution in [1.29, 1.82) is 0 Å². The highest BCUT2D eigenvalue weighted by Gasteiger charge is 2.44. The van der Waals surface area contributed by atoms with Crippen LogP contribution < -0.4 is 16.2 Å². The topological polar surface area (TPSA) is 125 Å². The number of carbonyl (C=O) groups excluding carboxylic acids is 1. The van der Waals surface area contributed by atoms with E-state index in [0.717, 1.165) is 0 Å². The molecule has 21 heavy (non-hydrogen) atoms. The highest BCUT2D eigenvalue weighted by atomic mass is 32.2. The van der Waals surface area contributed by atoms with Gasteiger partial charge >= 0.3 is 0 Å². The molecule has 0 bridgehead atoms. The number of primary sulfonamides is 1.